The van der Waals surface area contributed by atoms with E-state index in [-0.39, 0.29) is 5.56 Å². The van der Waals surface area contributed by atoms with Gasteiger partial charge in [-0.3, -0.25) is 0 Å². The first-order chi connectivity index (χ1) is 8.39. The van der Waals surface area contributed by atoms with Gasteiger partial charge in [0.25, 0.3) is 0 Å². The monoisotopic (exact) mass is 259 g/mol. The summed E-state index contributed by atoms with van der Waals surface area (Å²) < 4.78 is 43.1. The molecule has 0 radical (unpaired) electrons. The molecule has 1 aliphatic carbocycles. The molecule has 0 aliphatic heterocycles. The van der Waals surface area contributed by atoms with Gasteiger partial charge in [-0.2, -0.15) is 13.2 Å². The highest BCUT2D eigenvalue weighted by atomic mass is 19.4. The molecule has 1 fully saturated rings. The Morgan fingerprint density at radius 2 is 1.94 bits per heavy atom. The van der Waals surface area contributed by atoms with Crippen molar-refractivity contribution in [1.82, 2.24) is 5.32 Å². The first-order valence-electron chi connectivity index (χ1n) is 5.42. The lowest BCUT2D eigenvalue weighted by atomic mass is 9.98. The van der Waals surface area contributed by atoms with E-state index in [2.05, 4.69) is 10.1 Å². The van der Waals surface area contributed by atoms with Crippen LogP contribution in [0.3, 0.4) is 0 Å². The van der Waals surface area contributed by atoms with Gasteiger partial charge in [0.1, 0.15) is 0 Å². The number of rotatable bonds is 2. The number of benzene rings is 1. The average molecular weight is 259 g/mol. The highest BCUT2D eigenvalue weighted by molar-refractivity contribution is 5.69. The highest BCUT2D eigenvalue weighted by Crippen LogP contribution is 2.49. The van der Waals surface area contributed by atoms with Gasteiger partial charge in [0, 0.05) is 0 Å². The third kappa shape index (κ3) is 2.27. The zero-order valence-corrected chi connectivity index (χ0v) is 9.67. The van der Waals surface area contributed by atoms with Crippen LogP contribution in [0.4, 0.5) is 18.0 Å². The van der Waals surface area contributed by atoms with Crippen LogP contribution in [0, 0.1) is 0 Å². The number of ether oxygens (including phenoxy) is 1. The van der Waals surface area contributed by atoms with E-state index in [9.17, 15) is 18.0 Å². The molecular formula is C12H12F3NO2. The zero-order chi connectivity index (χ0) is 13.4. The maximum Gasteiger partial charge on any atom is 0.416 e. The van der Waals surface area contributed by atoms with Crippen molar-refractivity contribution in [2.24, 2.45) is 0 Å². The molecule has 0 saturated heterocycles. The number of carbonyl (C=O) groups is 1. The number of carbonyl (C=O) groups excluding carboxylic acids is 1. The van der Waals surface area contributed by atoms with Crippen molar-refractivity contribution in [3.63, 3.8) is 0 Å². The fourth-order valence-electron chi connectivity index (χ4n) is 1.98. The van der Waals surface area contributed by atoms with Gasteiger partial charge in [-0.1, -0.05) is 18.2 Å². The second-order valence-corrected chi connectivity index (χ2v) is 4.24. The van der Waals surface area contributed by atoms with E-state index in [1.165, 1.54) is 25.3 Å². The highest BCUT2D eigenvalue weighted by Gasteiger charge is 2.50. The Labute approximate surface area is 102 Å². The van der Waals surface area contributed by atoms with Crippen LogP contribution in [-0.2, 0) is 16.5 Å². The lowest BCUT2D eigenvalue weighted by Gasteiger charge is -2.21. The predicted octanol–water partition coefficient (Wildman–Crippen LogP) is 3.05. The average Bonchev–Trinajstić information content (AvgIpc) is 3.09. The van der Waals surface area contributed by atoms with Crippen LogP contribution in [-0.4, -0.2) is 13.2 Å². The standard InChI is InChI=1S/C12H12F3NO2/c1-18-10(17)16-11(6-7-11)8-4-2-3-5-9(8)12(13,14)15/h2-5H,6-7H2,1H3,(H,16,17). The van der Waals surface area contributed by atoms with E-state index in [4.69, 9.17) is 0 Å². The van der Waals surface area contributed by atoms with Gasteiger partial charge < -0.3 is 10.1 Å². The minimum Gasteiger partial charge on any atom is -0.453 e. The fourth-order valence-corrected chi connectivity index (χ4v) is 1.98. The van der Waals surface area contributed by atoms with E-state index in [0.717, 1.165) is 6.07 Å². The number of halogens is 3. The number of nitrogens with one attached hydrogen (secondary N) is 1. The molecule has 18 heavy (non-hydrogen) atoms. The molecule has 1 amide bonds. The van der Waals surface area contributed by atoms with Gasteiger partial charge in [-0.05, 0) is 24.5 Å². The summed E-state index contributed by atoms with van der Waals surface area (Å²) in [5, 5.41) is 2.48. The molecule has 0 heterocycles. The number of alkyl carbamates (subject to hydrolysis) is 1. The molecule has 1 aromatic carbocycles. The summed E-state index contributed by atoms with van der Waals surface area (Å²) in [7, 11) is 1.18. The molecule has 3 nitrogen and oxygen atoms in total. The van der Waals surface area contributed by atoms with Crippen molar-refractivity contribution in [2.45, 2.75) is 24.6 Å². The van der Waals surface area contributed by atoms with E-state index >= 15 is 0 Å². The second kappa shape index (κ2) is 4.19. The molecule has 1 saturated carbocycles. The summed E-state index contributed by atoms with van der Waals surface area (Å²) in [6.07, 6.45) is -4.18. The first kappa shape index (κ1) is 12.7. The van der Waals surface area contributed by atoms with Gasteiger partial charge in [0.15, 0.2) is 0 Å². The summed E-state index contributed by atoms with van der Waals surface area (Å²) >= 11 is 0. The normalized spacial score (nSPS) is 17.1. The van der Waals surface area contributed by atoms with Gasteiger partial charge in [-0.15, -0.1) is 0 Å². The zero-order valence-electron chi connectivity index (χ0n) is 9.67. The topological polar surface area (TPSA) is 38.3 Å². The van der Waals surface area contributed by atoms with Gasteiger partial charge in [-0.25, -0.2) is 4.79 Å². The minimum atomic E-state index is -4.43. The molecule has 1 aliphatic rings. The number of methoxy groups -OCH3 is 1. The second-order valence-electron chi connectivity index (χ2n) is 4.24. The third-order valence-corrected chi connectivity index (χ3v) is 3.02. The van der Waals surface area contributed by atoms with Crippen molar-refractivity contribution in [3.05, 3.63) is 35.4 Å². The van der Waals surface area contributed by atoms with Crippen molar-refractivity contribution >= 4 is 6.09 Å². The summed E-state index contributed by atoms with van der Waals surface area (Å²) in [6, 6.07) is 5.28. The lowest BCUT2D eigenvalue weighted by molar-refractivity contribution is -0.138. The van der Waals surface area contributed by atoms with E-state index in [1.807, 2.05) is 0 Å². The molecule has 0 aromatic heterocycles. The van der Waals surface area contributed by atoms with Crippen LogP contribution in [0.2, 0.25) is 0 Å². The van der Waals surface area contributed by atoms with Crippen LogP contribution in [0.15, 0.2) is 24.3 Å². The van der Waals surface area contributed by atoms with Gasteiger partial charge in [0.2, 0.25) is 0 Å². The largest absolute Gasteiger partial charge is 0.453 e. The van der Waals surface area contributed by atoms with Gasteiger partial charge >= 0.3 is 12.3 Å². The minimum absolute atomic E-state index is 0.0999. The summed E-state index contributed by atoms with van der Waals surface area (Å²) in [4.78, 5) is 11.2. The Bertz CT molecular complexity index is 467. The first-order valence-corrected chi connectivity index (χ1v) is 5.42. The Kier molecular flexibility index (Phi) is 2.96. The van der Waals surface area contributed by atoms with Crippen molar-refractivity contribution in [3.8, 4) is 0 Å². The smallest absolute Gasteiger partial charge is 0.416 e. The molecule has 1 aromatic rings. The molecule has 98 valence electrons. The number of hydrogen-bond acceptors (Lipinski definition) is 2. The van der Waals surface area contributed by atoms with Crippen LogP contribution in [0.1, 0.15) is 24.0 Å². The van der Waals surface area contributed by atoms with Crippen LogP contribution >= 0.6 is 0 Å². The molecular weight excluding hydrogens is 247 g/mol. The van der Waals surface area contributed by atoms with E-state index < -0.39 is 23.4 Å². The lowest BCUT2D eigenvalue weighted by Crippen LogP contribution is -2.36. The Morgan fingerprint density at radius 1 is 1.33 bits per heavy atom. The Morgan fingerprint density at radius 3 is 2.44 bits per heavy atom. The Hall–Kier alpha value is -1.72. The van der Waals surface area contributed by atoms with Crippen molar-refractivity contribution in [2.75, 3.05) is 7.11 Å². The molecule has 2 rings (SSSR count). The summed E-state index contributed by atoms with van der Waals surface area (Å²) in [5.41, 5.74) is -1.54. The van der Waals surface area contributed by atoms with E-state index in [0.29, 0.717) is 12.8 Å². The quantitative estimate of drug-likeness (QED) is 0.886. The summed E-state index contributed by atoms with van der Waals surface area (Å²) in [5.74, 6) is 0. The van der Waals surface area contributed by atoms with Crippen LogP contribution in [0.25, 0.3) is 0 Å². The van der Waals surface area contributed by atoms with Crippen molar-refractivity contribution in [1.29, 1.82) is 0 Å². The number of alkyl halides is 3. The maximum absolute atomic E-state index is 12.9. The van der Waals surface area contributed by atoms with Crippen LogP contribution < -0.4 is 5.32 Å². The maximum atomic E-state index is 12.9. The van der Waals surface area contributed by atoms with Crippen molar-refractivity contribution < 1.29 is 22.7 Å². The SMILES string of the molecule is COC(=O)NC1(c2ccccc2C(F)(F)F)CC1. The number of amides is 1. The number of hydrogen-bond donors (Lipinski definition) is 1. The van der Waals surface area contributed by atoms with E-state index in [1.54, 1.807) is 0 Å². The predicted molar refractivity (Wildman–Crippen MR) is 57.9 cm³/mol. The van der Waals surface area contributed by atoms with Gasteiger partial charge in [0.05, 0.1) is 18.2 Å². The fraction of sp³-hybridized carbons (Fsp3) is 0.417. The molecule has 0 bridgehead atoms. The molecule has 1 N–H and O–H groups in total. The molecule has 0 unspecified atom stereocenters. The molecule has 0 atom stereocenters. The third-order valence-electron chi connectivity index (χ3n) is 3.02. The molecule has 0 spiro atoms. The summed E-state index contributed by atoms with van der Waals surface area (Å²) in [6.45, 7) is 0. The molecule has 6 heteroatoms. The Balaban J connectivity index is 2.37. The van der Waals surface area contributed by atoms with Crippen LogP contribution in [0.5, 0.6) is 0 Å².